The van der Waals surface area contributed by atoms with Crippen LogP contribution in [0.1, 0.15) is 45.6 Å². The lowest BCUT2D eigenvalue weighted by Crippen LogP contribution is -2.25. The van der Waals surface area contributed by atoms with Crippen LogP contribution in [0.2, 0.25) is 0 Å². The Morgan fingerprint density at radius 2 is 1.83 bits per heavy atom. The number of imidazole rings is 1. The molecule has 1 atom stereocenters. The van der Waals surface area contributed by atoms with Crippen LogP contribution in [0.3, 0.4) is 0 Å². The van der Waals surface area contributed by atoms with Gasteiger partial charge in [0.2, 0.25) is 5.95 Å². The van der Waals surface area contributed by atoms with E-state index in [1.54, 1.807) is 24.3 Å². The molecule has 0 bridgehead atoms. The van der Waals surface area contributed by atoms with Gasteiger partial charge in [-0.05, 0) is 73.2 Å². The summed E-state index contributed by atoms with van der Waals surface area (Å²) in [7, 11) is 0. The fourth-order valence-corrected chi connectivity index (χ4v) is 5.30. The van der Waals surface area contributed by atoms with Crippen LogP contribution in [0, 0.1) is 5.41 Å². The molecule has 1 aromatic heterocycles. The number of nitrogens with one attached hydrogen (secondary N) is 2. The molecule has 41 heavy (non-hydrogen) atoms. The van der Waals surface area contributed by atoms with Crippen molar-refractivity contribution in [2.75, 3.05) is 17.2 Å². The second-order valence-corrected chi connectivity index (χ2v) is 11.0. The summed E-state index contributed by atoms with van der Waals surface area (Å²) < 4.78 is 49.6. The van der Waals surface area contributed by atoms with Crippen LogP contribution in [0.4, 0.5) is 30.5 Å². The van der Waals surface area contributed by atoms with Crippen molar-refractivity contribution in [2.45, 2.75) is 51.9 Å². The third kappa shape index (κ3) is 7.22. The lowest BCUT2D eigenvalue weighted by Gasteiger charge is -2.36. The average molecular weight is 569 g/mol. The fraction of sp³-hybridized carbons (Fsp3) is 0.333. The van der Waals surface area contributed by atoms with Gasteiger partial charge >= 0.3 is 6.36 Å². The molecule has 0 spiro atoms. The third-order valence-electron chi connectivity index (χ3n) is 7.05. The molecule has 4 aromatic rings. The van der Waals surface area contributed by atoms with E-state index in [0.29, 0.717) is 28.6 Å². The Hall–Kier alpha value is -4.41. The summed E-state index contributed by atoms with van der Waals surface area (Å²) in [6, 6.07) is 17.4. The molecule has 3 N–H and O–H groups in total. The number of amides is 1. The number of phenols is 1. The first-order chi connectivity index (χ1) is 19.4. The monoisotopic (exact) mass is 568 g/mol. The van der Waals surface area contributed by atoms with E-state index in [2.05, 4.69) is 33.8 Å². The van der Waals surface area contributed by atoms with Crippen molar-refractivity contribution in [1.29, 1.82) is 0 Å². The highest BCUT2D eigenvalue weighted by Gasteiger charge is 2.32. The first kappa shape index (κ1) is 28.1. The van der Waals surface area contributed by atoms with Crippen molar-refractivity contribution in [1.82, 2.24) is 9.55 Å². The zero-order chi connectivity index (χ0) is 29.2. The minimum Gasteiger partial charge on any atom is -0.508 e. The van der Waals surface area contributed by atoms with Gasteiger partial charge in [0.05, 0.1) is 11.0 Å². The summed E-state index contributed by atoms with van der Waals surface area (Å²) in [4.78, 5) is 17.2. The van der Waals surface area contributed by atoms with Crippen molar-refractivity contribution in [3.05, 3.63) is 66.7 Å². The van der Waals surface area contributed by atoms with Crippen LogP contribution in [-0.2, 0) is 4.79 Å². The predicted octanol–water partition coefficient (Wildman–Crippen LogP) is 7.54. The molecule has 1 heterocycles. The second kappa shape index (κ2) is 11.2. The number of phenolic OH excluding ortho intramolecular Hbond substituents is 1. The number of rotatable bonds is 8. The van der Waals surface area contributed by atoms with Gasteiger partial charge in [-0.15, -0.1) is 13.2 Å². The molecule has 0 radical (unpaired) electrons. The topological polar surface area (TPSA) is 97.6 Å². The maximum atomic E-state index is 12.6. The lowest BCUT2D eigenvalue weighted by molar-refractivity contribution is -0.274. The second-order valence-electron chi connectivity index (χ2n) is 11.0. The first-order valence-corrected chi connectivity index (χ1v) is 13.3. The van der Waals surface area contributed by atoms with E-state index in [1.165, 1.54) is 36.4 Å². The summed E-state index contributed by atoms with van der Waals surface area (Å²) >= 11 is 0. The van der Waals surface area contributed by atoms with Gasteiger partial charge in [0.25, 0.3) is 5.91 Å². The van der Waals surface area contributed by atoms with E-state index in [-0.39, 0.29) is 35.5 Å². The Labute approximate surface area is 235 Å². The molecule has 3 aromatic carbocycles. The number of anilines is 3. The van der Waals surface area contributed by atoms with E-state index in [9.17, 15) is 23.1 Å². The van der Waals surface area contributed by atoms with Gasteiger partial charge in [-0.3, -0.25) is 4.79 Å². The SMILES string of the molecule is CC1(C)CCCC(n2c(Nc3ccc(OC(F)(F)F)cc3)nc3cc(OCC(=O)Nc4cccc(O)c4)ccc32)C1. The van der Waals surface area contributed by atoms with Crippen molar-refractivity contribution in [3.8, 4) is 17.2 Å². The molecule has 5 rings (SSSR count). The van der Waals surface area contributed by atoms with Gasteiger partial charge in [0.15, 0.2) is 6.61 Å². The number of carbonyl (C=O) groups is 1. The van der Waals surface area contributed by atoms with Crippen molar-refractivity contribution < 1.29 is 32.5 Å². The number of ether oxygens (including phenoxy) is 2. The van der Waals surface area contributed by atoms with Crippen molar-refractivity contribution >= 4 is 34.3 Å². The highest BCUT2D eigenvalue weighted by atomic mass is 19.4. The zero-order valence-corrected chi connectivity index (χ0v) is 22.7. The molecular formula is C30H31F3N4O4. The van der Waals surface area contributed by atoms with Crippen LogP contribution in [0.5, 0.6) is 17.2 Å². The number of aromatic nitrogens is 2. The fourth-order valence-electron chi connectivity index (χ4n) is 5.30. The Bertz CT molecular complexity index is 1530. The molecule has 1 aliphatic rings. The van der Waals surface area contributed by atoms with Crippen molar-refractivity contribution in [3.63, 3.8) is 0 Å². The van der Waals surface area contributed by atoms with Crippen LogP contribution >= 0.6 is 0 Å². The summed E-state index contributed by atoms with van der Waals surface area (Å²) in [5.74, 6) is 0.371. The number of aromatic hydroxyl groups is 1. The first-order valence-electron chi connectivity index (χ1n) is 13.3. The molecule has 1 aliphatic carbocycles. The molecule has 1 fully saturated rings. The molecule has 1 unspecified atom stereocenters. The summed E-state index contributed by atoms with van der Waals surface area (Å²) in [5.41, 5.74) is 2.70. The minimum atomic E-state index is -4.76. The minimum absolute atomic E-state index is 0.0427. The molecule has 8 nitrogen and oxygen atoms in total. The Morgan fingerprint density at radius 1 is 1.07 bits per heavy atom. The smallest absolute Gasteiger partial charge is 0.508 e. The maximum absolute atomic E-state index is 12.6. The summed E-state index contributed by atoms with van der Waals surface area (Å²) in [6.07, 6.45) is -0.659. The van der Waals surface area contributed by atoms with Crippen LogP contribution in [0.25, 0.3) is 11.0 Å². The molecule has 0 saturated heterocycles. The quantitative estimate of drug-likeness (QED) is 0.203. The largest absolute Gasteiger partial charge is 0.573 e. The number of nitrogens with zero attached hydrogens (tertiary/aromatic N) is 2. The summed E-state index contributed by atoms with van der Waals surface area (Å²) in [6.45, 7) is 4.26. The molecule has 0 aliphatic heterocycles. The molecule has 216 valence electrons. The van der Waals surface area contributed by atoms with E-state index in [0.717, 1.165) is 31.2 Å². The molecule has 1 amide bonds. The van der Waals surface area contributed by atoms with E-state index >= 15 is 0 Å². The highest BCUT2D eigenvalue weighted by Crippen LogP contribution is 2.44. The van der Waals surface area contributed by atoms with Gasteiger partial charge in [-0.25, -0.2) is 4.98 Å². The maximum Gasteiger partial charge on any atom is 0.573 e. The normalized spacial score (nSPS) is 16.8. The van der Waals surface area contributed by atoms with Gasteiger partial charge in [0.1, 0.15) is 17.2 Å². The molecule has 11 heteroatoms. The Balaban J connectivity index is 1.38. The van der Waals surface area contributed by atoms with Gasteiger partial charge in [-0.2, -0.15) is 0 Å². The molecular weight excluding hydrogens is 537 g/mol. The standard InChI is InChI=1S/C30H31F3N4O4/c1-29(2)14-4-6-21(17-29)37-26-13-12-24(40-18-27(39)34-20-5-3-7-22(38)15-20)16-25(26)36-28(37)35-19-8-10-23(11-9-19)41-30(31,32)33/h3,5,7-13,15-16,21,38H,4,6,14,17-18H2,1-2H3,(H,34,39)(H,35,36). The predicted molar refractivity (Wildman–Crippen MR) is 150 cm³/mol. The number of alkyl halides is 3. The zero-order valence-electron chi connectivity index (χ0n) is 22.7. The lowest BCUT2D eigenvalue weighted by atomic mass is 9.75. The average Bonchev–Trinajstić information content (AvgIpc) is 3.24. The highest BCUT2D eigenvalue weighted by molar-refractivity contribution is 5.92. The van der Waals surface area contributed by atoms with Crippen LogP contribution in [-0.4, -0.2) is 33.5 Å². The van der Waals surface area contributed by atoms with Gasteiger partial charge < -0.3 is 29.8 Å². The van der Waals surface area contributed by atoms with Gasteiger partial charge in [0, 0.05) is 29.5 Å². The molecule has 1 saturated carbocycles. The number of hydrogen-bond acceptors (Lipinski definition) is 6. The van der Waals surface area contributed by atoms with Crippen LogP contribution < -0.4 is 20.1 Å². The van der Waals surface area contributed by atoms with E-state index in [4.69, 9.17) is 9.72 Å². The number of carbonyl (C=O) groups excluding carboxylic acids is 1. The van der Waals surface area contributed by atoms with E-state index in [1.807, 2.05) is 6.07 Å². The number of fused-ring (bicyclic) bond motifs is 1. The summed E-state index contributed by atoms with van der Waals surface area (Å²) in [5, 5.41) is 15.5. The number of benzene rings is 3. The van der Waals surface area contributed by atoms with Gasteiger partial charge in [-0.1, -0.05) is 26.3 Å². The number of hydrogen-bond donors (Lipinski definition) is 3. The Morgan fingerprint density at radius 3 is 2.54 bits per heavy atom. The third-order valence-corrected chi connectivity index (χ3v) is 7.05. The van der Waals surface area contributed by atoms with Crippen LogP contribution in [0.15, 0.2) is 66.7 Å². The number of halogens is 3. The Kier molecular flexibility index (Phi) is 7.70. The van der Waals surface area contributed by atoms with Crippen molar-refractivity contribution in [2.24, 2.45) is 5.41 Å². The van der Waals surface area contributed by atoms with E-state index < -0.39 is 6.36 Å².